The van der Waals surface area contributed by atoms with E-state index in [9.17, 15) is 24.9 Å². The number of hydrogen-bond donors (Lipinski definition) is 4. The largest absolute Gasteiger partial charge is 0.479 e. The van der Waals surface area contributed by atoms with Crippen molar-refractivity contribution in [3.63, 3.8) is 0 Å². The van der Waals surface area contributed by atoms with Crippen LogP contribution in [-0.2, 0) is 19.1 Å². The van der Waals surface area contributed by atoms with E-state index in [1.54, 1.807) is 0 Å². The molecule has 1 aliphatic rings. The summed E-state index contributed by atoms with van der Waals surface area (Å²) < 4.78 is 9.89. The van der Waals surface area contributed by atoms with Crippen molar-refractivity contribution in [3.8, 4) is 0 Å². The normalized spacial score (nSPS) is 26.5. The Morgan fingerprint density at radius 2 is 1.20 bits per heavy atom. The molecular formula is C22H40O8. The van der Waals surface area contributed by atoms with E-state index in [1.807, 2.05) is 0 Å². The Balaban J connectivity index is 2.06. The molecule has 1 heterocycles. The summed E-state index contributed by atoms with van der Waals surface area (Å²) in [6.45, 7) is 2.23. The molecule has 1 rings (SSSR count). The lowest BCUT2D eigenvalue weighted by Crippen LogP contribution is -2.60. The zero-order valence-electron chi connectivity index (χ0n) is 18.2. The molecule has 30 heavy (non-hydrogen) atoms. The summed E-state index contributed by atoms with van der Waals surface area (Å²) in [5.41, 5.74) is 0. The average Bonchev–Trinajstić information content (AvgIpc) is 2.71. The van der Waals surface area contributed by atoms with Crippen LogP contribution in [0.5, 0.6) is 0 Å². The molecule has 0 spiro atoms. The fourth-order valence-electron chi connectivity index (χ4n) is 3.62. The second-order valence-electron chi connectivity index (χ2n) is 8.22. The van der Waals surface area contributed by atoms with Crippen molar-refractivity contribution >= 4 is 11.9 Å². The Morgan fingerprint density at radius 3 is 1.67 bits per heavy atom. The van der Waals surface area contributed by atoms with Gasteiger partial charge in [-0.15, -0.1) is 0 Å². The predicted molar refractivity (Wildman–Crippen MR) is 111 cm³/mol. The predicted octanol–water partition coefficient (Wildman–Crippen LogP) is 2.90. The van der Waals surface area contributed by atoms with Crippen LogP contribution >= 0.6 is 0 Å². The molecule has 0 aromatic rings. The van der Waals surface area contributed by atoms with E-state index in [0.717, 1.165) is 19.3 Å². The highest BCUT2D eigenvalue weighted by atomic mass is 16.7. The van der Waals surface area contributed by atoms with Crippen molar-refractivity contribution in [1.29, 1.82) is 0 Å². The lowest BCUT2D eigenvalue weighted by molar-refractivity contribution is -0.286. The lowest BCUT2D eigenvalue weighted by Gasteiger charge is -2.37. The maximum Gasteiger partial charge on any atom is 0.335 e. The number of hydrogen-bond acceptors (Lipinski definition) is 7. The van der Waals surface area contributed by atoms with Gasteiger partial charge in [0.2, 0.25) is 6.29 Å². The third kappa shape index (κ3) is 10.2. The summed E-state index contributed by atoms with van der Waals surface area (Å²) >= 11 is 0. The minimum absolute atomic E-state index is 0.126. The van der Waals surface area contributed by atoms with E-state index in [4.69, 9.17) is 14.6 Å². The molecular weight excluding hydrogens is 392 g/mol. The van der Waals surface area contributed by atoms with Crippen LogP contribution in [-0.4, -0.2) is 63.1 Å². The zero-order valence-corrected chi connectivity index (χ0v) is 18.2. The molecule has 0 aromatic heterocycles. The van der Waals surface area contributed by atoms with Crippen LogP contribution in [0.3, 0.4) is 0 Å². The highest BCUT2D eigenvalue weighted by Crippen LogP contribution is 2.23. The van der Waals surface area contributed by atoms with Crippen LogP contribution in [0.4, 0.5) is 0 Å². The number of carboxylic acid groups (broad SMARTS) is 1. The van der Waals surface area contributed by atoms with Crippen molar-refractivity contribution < 1.29 is 39.5 Å². The second-order valence-corrected chi connectivity index (χ2v) is 8.22. The quantitative estimate of drug-likeness (QED) is 0.216. The van der Waals surface area contributed by atoms with E-state index in [1.165, 1.54) is 57.8 Å². The van der Waals surface area contributed by atoms with Crippen LogP contribution in [0.1, 0.15) is 96.8 Å². The number of carbonyl (C=O) groups excluding carboxylic acids is 1. The average molecular weight is 433 g/mol. The standard InChI is InChI=1S/C22H40O8/c1-2-3-4-5-6-7-8-9-10-11-12-13-14-15-16(23)29-22-19(26)17(24)18(25)20(30-22)21(27)28/h17-20,22,24-26H,2-15H2,1H3,(H,27,28)/t17-,18-,19+,20-,22+/m0/s1. The Morgan fingerprint density at radius 1 is 0.733 bits per heavy atom. The van der Waals surface area contributed by atoms with Gasteiger partial charge in [-0.05, 0) is 6.42 Å². The maximum atomic E-state index is 11.9. The SMILES string of the molecule is CCCCCCCCCCCCCCCC(=O)O[C@@H]1O[C@H](C(=O)O)[C@@H](O)[C@H](O)[C@H]1O. The number of rotatable bonds is 16. The lowest BCUT2D eigenvalue weighted by atomic mass is 9.99. The van der Waals surface area contributed by atoms with Gasteiger partial charge in [0.1, 0.15) is 18.3 Å². The third-order valence-corrected chi connectivity index (χ3v) is 5.55. The summed E-state index contributed by atoms with van der Waals surface area (Å²) in [6.07, 6.45) is 6.92. The van der Waals surface area contributed by atoms with Gasteiger partial charge in [-0.1, -0.05) is 84.0 Å². The summed E-state index contributed by atoms with van der Waals surface area (Å²) in [7, 11) is 0. The molecule has 1 aliphatic heterocycles. The second kappa shape index (κ2) is 15.6. The minimum atomic E-state index is -1.80. The van der Waals surface area contributed by atoms with Gasteiger partial charge in [-0.25, -0.2) is 4.79 Å². The number of carbonyl (C=O) groups is 2. The van der Waals surface area contributed by atoms with E-state index in [0.29, 0.717) is 6.42 Å². The molecule has 1 fully saturated rings. The van der Waals surface area contributed by atoms with Gasteiger partial charge in [0.05, 0.1) is 0 Å². The van der Waals surface area contributed by atoms with Gasteiger partial charge in [0, 0.05) is 6.42 Å². The Bertz CT molecular complexity index is 484. The fourth-order valence-corrected chi connectivity index (χ4v) is 3.62. The van der Waals surface area contributed by atoms with Crippen LogP contribution in [0.25, 0.3) is 0 Å². The Kier molecular flexibility index (Phi) is 13.9. The molecule has 8 heteroatoms. The van der Waals surface area contributed by atoms with Gasteiger partial charge in [-0.2, -0.15) is 0 Å². The van der Waals surface area contributed by atoms with Crippen LogP contribution in [0.2, 0.25) is 0 Å². The summed E-state index contributed by atoms with van der Waals surface area (Å²) in [4.78, 5) is 23.0. The van der Waals surface area contributed by atoms with E-state index in [2.05, 4.69) is 6.92 Å². The van der Waals surface area contributed by atoms with Crippen molar-refractivity contribution in [3.05, 3.63) is 0 Å². The molecule has 0 unspecified atom stereocenters. The number of esters is 1. The number of ether oxygens (including phenoxy) is 2. The Hall–Kier alpha value is -1.22. The molecule has 1 saturated heterocycles. The van der Waals surface area contributed by atoms with Gasteiger partial charge in [0.25, 0.3) is 0 Å². The van der Waals surface area contributed by atoms with E-state index >= 15 is 0 Å². The summed E-state index contributed by atoms with van der Waals surface area (Å²) in [5, 5.41) is 38.1. The number of unbranched alkanes of at least 4 members (excludes halogenated alkanes) is 12. The maximum absolute atomic E-state index is 11.9. The van der Waals surface area contributed by atoms with E-state index in [-0.39, 0.29) is 6.42 Å². The first kappa shape index (κ1) is 26.8. The van der Waals surface area contributed by atoms with Crippen LogP contribution in [0.15, 0.2) is 0 Å². The van der Waals surface area contributed by atoms with Crippen molar-refractivity contribution in [2.75, 3.05) is 0 Å². The molecule has 0 amide bonds. The first-order valence-electron chi connectivity index (χ1n) is 11.5. The number of carboxylic acids is 1. The summed E-state index contributed by atoms with van der Waals surface area (Å²) in [6, 6.07) is 0. The third-order valence-electron chi connectivity index (χ3n) is 5.55. The van der Waals surface area contributed by atoms with Crippen LogP contribution in [0, 0.1) is 0 Å². The van der Waals surface area contributed by atoms with Gasteiger partial charge >= 0.3 is 11.9 Å². The fraction of sp³-hybridized carbons (Fsp3) is 0.909. The van der Waals surface area contributed by atoms with Crippen molar-refractivity contribution in [1.82, 2.24) is 0 Å². The minimum Gasteiger partial charge on any atom is -0.479 e. The van der Waals surface area contributed by atoms with Crippen LogP contribution < -0.4 is 0 Å². The molecule has 8 nitrogen and oxygen atoms in total. The summed E-state index contributed by atoms with van der Waals surface area (Å²) in [5.74, 6) is -2.14. The monoisotopic (exact) mass is 432 g/mol. The molecule has 5 atom stereocenters. The first-order chi connectivity index (χ1) is 14.4. The van der Waals surface area contributed by atoms with Crippen molar-refractivity contribution in [2.24, 2.45) is 0 Å². The highest BCUT2D eigenvalue weighted by molar-refractivity contribution is 5.73. The van der Waals surface area contributed by atoms with Crippen molar-refractivity contribution in [2.45, 2.75) is 128 Å². The van der Waals surface area contributed by atoms with Gasteiger partial charge in [0.15, 0.2) is 6.10 Å². The molecule has 0 aromatic carbocycles. The molecule has 4 N–H and O–H groups in total. The number of aliphatic carboxylic acids is 1. The molecule has 0 aliphatic carbocycles. The molecule has 0 saturated carbocycles. The molecule has 0 radical (unpaired) electrons. The molecule has 176 valence electrons. The molecule has 0 bridgehead atoms. The van der Waals surface area contributed by atoms with Gasteiger partial charge < -0.3 is 29.9 Å². The first-order valence-corrected chi connectivity index (χ1v) is 11.5. The van der Waals surface area contributed by atoms with Gasteiger partial charge in [-0.3, -0.25) is 4.79 Å². The Labute approximate surface area is 179 Å². The number of aliphatic hydroxyl groups is 3. The number of aliphatic hydroxyl groups excluding tert-OH is 3. The topological polar surface area (TPSA) is 134 Å². The zero-order chi connectivity index (χ0) is 22.4. The van der Waals surface area contributed by atoms with E-state index < -0.39 is 42.6 Å². The smallest absolute Gasteiger partial charge is 0.335 e. The highest BCUT2D eigenvalue weighted by Gasteiger charge is 2.48.